The summed E-state index contributed by atoms with van der Waals surface area (Å²) in [5.41, 5.74) is -2.59. The Morgan fingerprint density at radius 1 is 1.00 bits per heavy atom. The van der Waals surface area contributed by atoms with E-state index in [9.17, 15) is 36.2 Å². The molecule has 1 aliphatic heterocycles. The quantitative estimate of drug-likeness (QED) is 0.504. The van der Waals surface area contributed by atoms with Gasteiger partial charge in [0.15, 0.2) is 0 Å². The molecule has 1 fully saturated rings. The van der Waals surface area contributed by atoms with Crippen molar-refractivity contribution in [1.82, 2.24) is 4.90 Å². The molecule has 0 saturated carbocycles. The Morgan fingerprint density at radius 2 is 1.53 bits per heavy atom. The van der Waals surface area contributed by atoms with Crippen LogP contribution in [0.15, 0.2) is 48.5 Å². The molecule has 34 heavy (non-hydrogen) atoms. The number of aliphatic carboxylic acids is 1. The molecule has 0 bridgehead atoms. The molecule has 0 amide bonds. The van der Waals surface area contributed by atoms with Gasteiger partial charge in [0.25, 0.3) is 0 Å². The highest BCUT2D eigenvalue weighted by molar-refractivity contribution is 5.72. The normalized spacial score (nSPS) is 18.0. The summed E-state index contributed by atoms with van der Waals surface area (Å²) in [6, 6.07) is 10.1. The number of hydrogen-bond donors (Lipinski definition) is 1. The highest BCUT2D eigenvalue weighted by Crippen LogP contribution is 2.38. The van der Waals surface area contributed by atoms with Crippen molar-refractivity contribution < 1.29 is 41.0 Å². The molecule has 1 aliphatic rings. The van der Waals surface area contributed by atoms with Gasteiger partial charge >= 0.3 is 18.3 Å². The van der Waals surface area contributed by atoms with Crippen LogP contribution < -0.4 is 0 Å². The third-order valence-electron chi connectivity index (χ3n) is 6.34. The number of alkyl halides is 6. The van der Waals surface area contributed by atoms with Gasteiger partial charge in [-0.25, -0.2) is 0 Å². The Bertz CT molecular complexity index is 950. The lowest BCUT2D eigenvalue weighted by Crippen LogP contribution is -2.50. The van der Waals surface area contributed by atoms with Crippen LogP contribution in [-0.2, 0) is 33.9 Å². The van der Waals surface area contributed by atoms with Crippen LogP contribution >= 0.6 is 0 Å². The lowest BCUT2D eigenvalue weighted by atomic mass is 9.73. The first kappa shape index (κ1) is 26.0. The monoisotopic (exact) mass is 489 g/mol. The van der Waals surface area contributed by atoms with E-state index in [0.29, 0.717) is 38.1 Å². The number of carboxylic acids is 1. The summed E-state index contributed by atoms with van der Waals surface area (Å²) in [6.45, 7) is 2.18. The molecule has 0 aromatic heterocycles. The zero-order valence-corrected chi connectivity index (χ0v) is 18.4. The highest BCUT2D eigenvalue weighted by atomic mass is 19.4. The summed E-state index contributed by atoms with van der Waals surface area (Å²) in [6.07, 6.45) is -8.78. The molecule has 0 aliphatic carbocycles. The van der Waals surface area contributed by atoms with E-state index < -0.39 is 47.5 Å². The topological polar surface area (TPSA) is 49.8 Å². The van der Waals surface area contributed by atoms with Crippen molar-refractivity contribution in [3.8, 4) is 0 Å². The predicted molar refractivity (Wildman–Crippen MR) is 112 cm³/mol. The first-order valence-corrected chi connectivity index (χ1v) is 10.7. The van der Waals surface area contributed by atoms with Crippen LogP contribution in [0, 0.1) is 0 Å². The Labute approximate surface area is 193 Å². The fraction of sp³-hybridized carbons (Fsp3) is 0.458. The number of rotatable bonds is 7. The molecule has 1 atom stereocenters. The molecule has 1 unspecified atom stereocenters. The number of ether oxygens (including phenoxy) is 1. The van der Waals surface area contributed by atoms with Crippen LogP contribution in [-0.4, -0.2) is 41.7 Å². The van der Waals surface area contributed by atoms with Gasteiger partial charge in [-0.2, -0.15) is 26.3 Å². The number of hydrogen-bond acceptors (Lipinski definition) is 3. The third kappa shape index (κ3) is 6.09. The number of carbonyl (C=O) groups is 1. The second-order valence-electron chi connectivity index (χ2n) is 8.60. The standard InChI is InChI=1S/C24H25F6NO3/c1-16(21(32)33)31-9-7-22(8-10-31,18-5-3-2-4-6-18)15-34-14-17-11-19(23(25,26)27)13-20(12-17)24(28,29)30/h2-6,11-13,16H,7-10,14-15H2,1H3,(H,32,33). The molecular weight excluding hydrogens is 464 g/mol. The van der Waals surface area contributed by atoms with Crippen molar-refractivity contribution >= 4 is 5.97 Å². The number of likely N-dealkylation sites (tertiary alicyclic amines) is 1. The number of piperidine rings is 1. The van der Waals surface area contributed by atoms with Crippen LogP contribution in [0.4, 0.5) is 26.3 Å². The summed E-state index contributed by atoms with van der Waals surface area (Å²) in [5.74, 6) is -0.937. The molecule has 0 spiro atoms. The van der Waals surface area contributed by atoms with Gasteiger partial charge in [0, 0.05) is 5.41 Å². The largest absolute Gasteiger partial charge is 0.480 e. The molecule has 1 N–H and O–H groups in total. The summed E-state index contributed by atoms with van der Waals surface area (Å²) in [7, 11) is 0. The Morgan fingerprint density at radius 3 is 2.00 bits per heavy atom. The van der Waals surface area contributed by atoms with Gasteiger partial charge in [0.05, 0.1) is 24.3 Å². The van der Waals surface area contributed by atoms with Crippen molar-refractivity contribution in [2.24, 2.45) is 0 Å². The fourth-order valence-electron chi connectivity index (χ4n) is 4.27. The molecule has 2 aromatic carbocycles. The van der Waals surface area contributed by atoms with Crippen LogP contribution in [0.25, 0.3) is 0 Å². The number of nitrogens with zero attached hydrogens (tertiary/aromatic N) is 1. The summed E-state index contributed by atoms with van der Waals surface area (Å²) in [5, 5.41) is 9.28. The molecule has 10 heteroatoms. The molecule has 3 rings (SSSR count). The van der Waals surface area contributed by atoms with E-state index >= 15 is 0 Å². The maximum Gasteiger partial charge on any atom is 0.416 e. The molecule has 0 radical (unpaired) electrons. The van der Waals surface area contributed by atoms with E-state index in [1.807, 2.05) is 35.2 Å². The summed E-state index contributed by atoms with van der Waals surface area (Å²) >= 11 is 0. The van der Waals surface area contributed by atoms with Gasteiger partial charge in [-0.1, -0.05) is 30.3 Å². The molecule has 1 saturated heterocycles. The average molecular weight is 489 g/mol. The smallest absolute Gasteiger partial charge is 0.416 e. The lowest BCUT2D eigenvalue weighted by molar-refractivity contribution is -0.144. The summed E-state index contributed by atoms with van der Waals surface area (Å²) < 4.78 is 84.5. The van der Waals surface area contributed by atoms with Gasteiger partial charge in [0.2, 0.25) is 0 Å². The SMILES string of the molecule is CC(C(=O)O)N1CCC(COCc2cc(C(F)(F)F)cc(C(F)(F)F)c2)(c2ccccc2)CC1. The average Bonchev–Trinajstić information content (AvgIpc) is 2.78. The molecule has 1 heterocycles. The molecular formula is C24H25F6NO3. The van der Waals surface area contributed by atoms with E-state index in [2.05, 4.69) is 0 Å². The van der Waals surface area contributed by atoms with E-state index in [-0.39, 0.29) is 18.2 Å². The molecule has 4 nitrogen and oxygen atoms in total. The van der Waals surface area contributed by atoms with E-state index in [1.165, 1.54) is 0 Å². The zero-order chi connectivity index (χ0) is 25.1. The number of carboxylic acid groups (broad SMARTS) is 1. The third-order valence-corrected chi connectivity index (χ3v) is 6.34. The van der Waals surface area contributed by atoms with Gasteiger partial charge in [-0.3, -0.25) is 9.69 Å². The second kappa shape index (κ2) is 9.95. The van der Waals surface area contributed by atoms with Gasteiger partial charge in [-0.15, -0.1) is 0 Å². The van der Waals surface area contributed by atoms with E-state index in [0.717, 1.165) is 5.56 Å². The van der Waals surface area contributed by atoms with Crippen molar-refractivity contribution in [3.63, 3.8) is 0 Å². The first-order valence-electron chi connectivity index (χ1n) is 10.7. The minimum absolute atomic E-state index is 0.0733. The number of benzene rings is 2. The minimum atomic E-state index is -4.92. The zero-order valence-electron chi connectivity index (χ0n) is 18.4. The van der Waals surface area contributed by atoms with Gasteiger partial charge < -0.3 is 9.84 Å². The van der Waals surface area contributed by atoms with Gasteiger partial charge in [0.1, 0.15) is 6.04 Å². The van der Waals surface area contributed by atoms with Crippen molar-refractivity contribution in [1.29, 1.82) is 0 Å². The van der Waals surface area contributed by atoms with E-state index in [4.69, 9.17) is 4.74 Å². The van der Waals surface area contributed by atoms with Crippen LogP contribution in [0.5, 0.6) is 0 Å². The van der Waals surface area contributed by atoms with E-state index in [1.54, 1.807) is 6.92 Å². The van der Waals surface area contributed by atoms with Crippen LogP contribution in [0.2, 0.25) is 0 Å². The lowest BCUT2D eigenvalue weighted by Gasteiger charge is -2.43. The molecule has 186 valence electrons. The minimum Gasteiger partial charge on any atom is -0.480 e. The Kier molecular flexibility index (Phi) is 7.62. The van der Waals surface area contributed by atoms with Crippen molar-refractivity contribution in [2.45, 2.75) is 50.2 Å². The van der Waals surface area contributed by atoms with Crippen molar-refractivity contribution in [2.75, 3.05) is 19.7 Å². The number of halogens is 6. The molecule has 2 aromatic rings. The van der Waals surface area contributed by atoms with Crippen molar-refractivity contribution in [3.05, 3.63) is 70.8 Å². The maximum atomic E-state index is 13.1. The predicted octanol–water partition coefficient (Wildman–Crippen LogP) is 5.75. The summed E-state index contributed by atoms with van der Waals surface area (Å²) in [4.78, 5) is 13.2. The highest BCUT2D eigenvalue weighted by Gasteiger charge is 2.39. The second-order valence-corrected chi connectivity index (χ2v) is 8.60. The van der Waals surface area contributed by atoms with Gasteiger partial charge in [-0.05, 0) is 62.2 Å². The maximum absolute atomic E-state index is 13.1. The first-order chi connectivity index (χ1) is 15.8. The van der Waals surface area contributed by atoms with Crippen LogP contribution in [0.3, 0.4) is 0 Å². The Hall–Kier alpha value is -2.59. The Balaban J connectivity index is 1.79. The van der Waals surface area contributed by atoms with Crippen LogP contribution in [0.1, 0.15) is 42.0 Å². The fourth-order valence-corrected chi connectivity index (χ4v) is 4.27.